The Morgan fingerprint density at radius 2 is 0.292 bits per heavy atom. The molecule has 0 bridgehead atoms. The Morgan fingerprint density at radius 3 is 0.425 bits per heavy atom. The zero-order valence-electron chi connectivity index (χ0n) is 65.0. The lowest BCUT2D eigenvalue weighted by molar-refractivity contribution is 0.578. The first kappa shape index (κ1) is 74.0. The summed E-state index contributed by atoms with van der Waals surface area (Å²) in [5.41, 5.74) is 11.2. The van der Waals surface area contributed by atoms with Gasteiger partial charge in [0.15, 0.2) is 11.8 Å². The molecule has 12 heteroatoms. The van der Waals surface area contributed by atoms with Crippen LogP contribution in [0.2, 0.25) is 0 Å². The van der Waals surface area contributed by atoms with Crippen LogP contribution in [-0.2, 0) is 0 Å². The lowest BCUT2D eigenvalue weighted by atomic mass is 10.1. The fraction of sp³-hybridized carbons (Fsp3) is 0.489. The van der Waals surface area contributed by atoms with E-state index in [-0.39, 0.29) is 0 Å². The third kappa shape index (κ3) is 16.4. The zero-order chi connectivity index (χ0) is 71.6. The van der Waals surface area contributed by atoms with Crippen molar-refractivity contribution in [2.24, 2.45) is 0 Å². The third-order valence-electron chi connectivity index (χ3n) is 26.7. The van der Waals surface area contributed by atoms with Gasteiger partial charge in [-0.1, -0.05) is 0 Å². The Balaban J connectivity index is 0.928. The van der Waals surface area contributed by atoms with Crippen LogP contribution in [-0.4, -0.2) is 142 Å². The third-order valence-corrected chi connectivity index (χ3v) is 48.3. The van der Waals surface area contributed by atoms with Crippen molar-refractivity contribution in [3.63, 3.8) is 0 Å². The smallest absolute Gasteiger partial charge is 0.178 e. The molecule has 8 aromatic rings. The topological polar surface area (TPSA) is 25.9 Å². The van der Waals surface area contributed by atoms with Crippen LogP contribution in [0.25, 0.3) is 0 Å². The number of hydrogen-bond donors (Lipinski definition) is 0. The minimum absolute atomic E-state index is 1.11. The summed E-state index contributed by atoms with van der Waals surface area (Å²) in [6, 6.07) is 84.4. The van der Waals surface area contributed by atoms with Crippen LogP contribution in [0, 0.1) is 0 Å². The van der Waals surface area contributed by atoms with Gasteiger partial charge in [0.1, 0.15) is 83.8 Å². The number of nitrogens with zero attached hydrogens (tertiary/aromatic N) is 8. The molecule has 16 rings (SSSR count). The van der Waals surface area contributed by atoms with Crippen molar-refractivity contribution >= 4 is 117 Å². The van der Waals surface area contributed by atoms with Gasteiger partial charge in [-0.2, -0.15) is 0 Å². The van der Waals surface area contributed by atoms with Crippen molar-refractivity contribution in [3.8, 4) is 0 Å². The molecule has 0 amide bonds. The summed E-state index contributed by atoms with van der Waals surface area (Å²) in [5.74, 6) is 2.25. The Labute approximate surface area is 642 Å². The Kier molecular flexibility index (Phi) is 24.0. The van der Waals surface area contributed by atoms with Gasteiger partial charge in [-0.3, -0.25) is 0 Å². The summed E-state index contributed by atoms with van der Waals surface area (Å²) in [5, 5.41) is 12.6. The minimum Gasteiger partial charge on any atom is -0.372 e. The van der Waals surface area contributed by atoms with Crippen molar-refractivity contribution in [2.45, 2.75) is 154 Å². The van der Waals surface area contributed by atoms with Crippen molar-refractivity contribution in [1.82, 2.24) is 0 Å². The average Bonchev–Trinajstić information content (AvgIpc) is 0.732. The van der Waals surface area contributed by atoms with Gasteiger partial charge >= 0.3 is 0 Å². The maximum atomic E-state index is 2.82. The molecule has 106 heavy (non-hydrogen) atoms. The van der Waals surface area contributed by atoms with Crippen LogP contribution >= 0.6 is 29.0 Å². The molecule has 0 radical (unpaired) electrons. The van der Waals surface area contributed by atoms with Crippen LogP contribution in [0.4, 0.5) is 45.5 Å². The Morgan fingerprint density at radius 1 is 0.170 bits per heavy atom. The number of benzene rings is 8. The molecule has 8 aliphatic rings. The molecule has 8 nitrogen and oxygen atoms in total. The normalized spacial score (nSPS) is 19.2. The predicted octanol–water partition coefficient (Wildman–Crippen LogP) is 18.8. The fourth-order valence-electron chi connectivity index (χ4n) is 20.2. The fourth-order valence-corrected chi connectivity index (χ4v) is 45.3. The summed E-state index contributed by atoms with van der Waals surface area (Å²) < 4.78 is 0. The highest BCUT2D eigenvalue weighted by molar-refractivity contribution is 8.06. The molecule has 8 saturated heterocycles. The Bertz CT molecular complexity index is 3520. The zero-order valence-corrected chi connectivity index (χ0v) is 68.5. The molecule has 558 valence electrons. The second-order valence-electron chi connectivity index (χ2n) is 33.6. The monoisotopic (exact) mass is 1490 g/mol. The van der Waals surface area contributed by atoms with Crippen LogP contribution in [0.1, 0.15) is 154 Å². The minimum atomic E-state index is -2.50. The van der Waals surface area contributed by atoms with E-state index in [4.69, 9.17) is 0 Å². The van der Waals surface area contributed by atoms with Gasteiger partial charge in [0.05, 0.1) is 13.3 Å². The van der Waals surface area contributed by atoms with Crippen molar-refractivity contribution < 1.29 is 0 Å². The van der Waals surface area contributed by atoms with E-state index in [0.29, 0.717) is 0 Å². The largest absolute Gasteiger partial charge is 0.372 e. The molecule has 0 aliphatic carbocycles. The molecule has 0 atom stereocenters. The molecule has 0 saturated carbocycles. The van der Waals surface area contributed by atoms with Gasteiger partial charge in [0.25, 0.3) is 0 Å². The molecule has 8 fully saturated rings. The molecule has 0 unspecified atom stereocenters. The number of hydrogen-bond acceptors (Lipinski definition) is 8. The molecular formula is C94H126N8P4+4. The van der Waals surface area contributed by atoms with Crippen LogP contribution in [0.3, 0.4) is 0 Å². The Hall–Kier alpha value is -6.12. The second kappa shape index (κ2) is 34.4. The summed E-state index contributed by atoms with van der Waals surface area (Å²) >= 11 is 0. The highest BCUT2D eigenvalue weighted by atomic mass is 31.2. The molecule has 0 spiro atoms. The van der Waals surface area contributed by atoms with Crippen LogP contribution < -0.4 is 81.6 Å². The van der Waals surface area contributed by atoms with Crippen molar-refractivity contribution in [2.75, 3.05) is 181 Å². The van der Waals surface area contributed by atoms with Crippen molar-refractivity contribution in [3.05, 3.63) is 194 Å². The standard InChI is InChI=1S/C94H126N8P4/c1-103(87-43-27-79(28-44-87)95-59-11-3-12-60-95,88-45-29-80(30-46-88)96-61-13-4-14-62-96)77-105(91-51-35-83(36-52-91)99-67-19-7-20-68-99,92-53-37-84(38-54-92)100-69-21-8-22-70-100)75-76-106(93-55-39-85(40-56-93)101-71-23-9-24-72-101,94-57-41-86(42-58-94)102-73-25-10-26-74-102)78-104(2,89-47-31-81(32-48-89)97-63-15-5-16-64-97)90-49-33-82(34-50-90)98-65-17-6-18-66-98/h27-58H,3-26,59-78H2,1-2H3/q+4. The van der Waals surface area contributed by atoms with Gasteiger partial charge in [-0.05, 0) is 348 Å². The van der Waals surface area contributed by atoms with E-state index in [0.717, 1.165) is 129 Å². The van der Waals surface area contributed by atoms with E-state index in [1.165, 1.54) is 200 Å². The summed E-state index contributed by atoms with van der Waals surface area (Å²) in [7, 11) is -9.54. The van der Waals surface area contributed by atoms with E-state index in [1.54, 1.807) is 42.4 Å². The summed E-state index contributed by atoms with van der Waals surface area (Å²) in [6.45, 7) is 24.0. The molecule has 0 aromatic heterocycles. The SMILES string of the molecule is C[P+](C[P+](CC[P+](C[P+](C)(c1ccc(N2CCCCC2)cc1)c1ccc(N2CCCCC2)cc1)(c1ccc(N2CCCCC2)cc1)c1ccc(N2CCCCC2)cc1)(c1ccc(N2CCCCC2)cc1)c1ccc(N2CCCCC2)cc1)(c1ccc(N2CCCCC2)cc1)c1ccc(N2CCCCC2)cc1. The molecule has 8 aliphatic heterocycles. The maximum Gasteiger partial charge on any atom is 0.178 e. The lowest BCUT2D eigenvalue weighted by Crippen LogP contribution is -2.39. The first-order valence-electron chi connectivity index (χ1n) is 42.5. The van der Waals surface area contributed by atoms with E-state index in [2.05, 4.69) is 247 Å². The van der Waals surface area contributed by atoms with Gasteiger partial charge < -0.3 is 39.2 Å². The number of anilines is 8. The van der Waals surface area contributed by atoms with Gasteiger partial charge in [-0.15, -0.1) is 0 Å². The molecule has 8 aromatic carbocycles. The van der Waals surface area contributed by atoms with E-state index in [1.807, 2.05) is 0 Å². The molecule has 8 heterocycles. The van der Waals surface area contributed by atoms with E-state index >= 15 is 0 Å². The quantitative estimate of drug-likeness (QED) is 0.0585. The first-order chi connectivity index (χ1) is 52.2. The van der Waals surface area contributed by atoms with Crippen molar-refractivity contribution in [1.29, 1.82) is 0 Å². The highest BCUT2D eigenvalue weighted by Crippen LogP contribution is 2.76. The predicted molar refractivity (Wildman–Crippen MR) is 476 cm³/mol. The van der Waals surface area contributed by atoms with Gasteiger partial charge in [0, 0.05) is 150 Å². The first-order valence-corrected chi connectivity index (χ1v) is 51.7. The number of piperidine rings is 8. The van der Waals surface area contributed by atoms with Gasteiger partial charge in [-0.25, -0.2) is 0 Å². The summed E-state index contributed by atoms with van der Waals surface area (Å²) in [4.78, 5) is 21.6. The van der Waals surface area contributed by atoms with E-state index < -0.39 is 29.0 Å². The van der Waals surface area contributed by atoms with Crippen LogP contribution in [0.15, 0.2) is 194 Å². The number of rotatable bonds is 23. The second-order valence-corrected chi connectivity index (χ2v) is 49.5. The highest BCUT2D eigenvalue weighted by Gasteiger charge is 2.61. The maximum absolute atomic E-state index is 2.82. The van der Waals surface area contributed by atoms with Crippen LogP contribution in [0.5, 0.6) is 0 Å². The molecular weight excluding hydrogens is 1360 g/mol. The van der Waals surface area contributed by atoms with Gasteiger partial charge in [0.2, 0.25) is 0 Å². The average molecular weight is 1490 g/mol. The lowest BCUT2D eigenvalue weighted by Gasteiger charge is -2.37. The molecule has 0 N–H and O–H groups in total. The summed E-state index contributed by atoms with van der Waals surface area (Å²) in [6.07, 6.45) is 33.3. The van der Waals surface area contributed by atoms with E-state index in [9.17, 15) is 0 Å².